The lowest BCUT2D eigenvalue weighted by Gasteiger charge is -2.46. The Balaban J connectivity index is 2.40. The predicted octanol–water partition coefficient (Wildman–Crippen LogP) is 3.55. The van der Waals surface area contributed by atoms with Gasteiger partial charge in [0.25, 0.3) is 5.65 Å². The van der Waals surface area contributed by atoms with Gasteiger partial charge in [-0.15, -0.1) is 0 Å². The molecule has 3 heteroatoms. The van der Waals surface area contributed by atoms with Crippen molar-refractivity contribution in [2.75, 3.05) is 0 Å². The van der Waals surface area contributed by atoms with E-state index in [1.165, 1.54) is 16.3 Å². The molecule has 23 heavy (non-hydrogen) atoms. The number of rotatable bonds is 2. The van der Waals surface area contributed by atoms with E-state index in [4.69, 9.17) is 0 Å². The second-order valence-corrected chi connectivity index (χ2v) is 7.12. The Labute approximate surface area is 136 Å². The molecule has 0 fully saturated rings. The van der Waals surface area contributed by atoms with Crippen molar-refractivity contribution >= 4 is 16.4 Å². The summed E-state index contributed by atoms with van der Waals surface area (Å²) in [4.78, 5) is 12.9. The fourth-order valence-electron chi connectivity index (χ4n) is 4.58. The summed E-state index contributed by atoms with van der Waals surface area (Å²) in [6, 6.07) is 10.4. The molecule has 0 saturated carbocycles. The van der Waals surface area contributed by atoms with Crippen LogP contribution in [0.15, 0.2) is 47.5 Å². The first kappa shape index (κ1) is 14.4. The molecule has 0 spiro atoms. The molecule has 0 bridgehead atoms. The maximum Gasteiger partial charge on any atom is 0.338 e. The summed E-state index contributed by atoms with van der Waals surface area (Å²) in [5, 5.41) is 2.43. The second kappa shape index (κ2) is 4.44. The van der Waals surface area contributed by atoms with Gasteiger partial charge in [0, 0.05) is 5.41 Å². The van der Waals surface area contributed by atoms with Gasteiger partial charge in [0.05, 0.1) is 17.6 Å². The molecule has 2 atom stereocenters. The van der Waals surface area contributed by atoms with Crippen molar-refractivity contribution < 1.29 is 4.40 Å². The Kier molecular flexibility index (Phi) is 2.78. The van der Waals surface area contributed by atoms with Crippen molar-refractivity contribution in [3.63, 3.8) is 0 Å². The number of hydrogen-bond acceptors (Lipinski definition) is 1. The van der Waals surface area contributed by atoms with Gasteiger partial charge in [-0.25, -0.2) is 9.20 Å². The van der Waals surface area contributed by atoms with E-state index < -0.39 is 0 Å². The monoisotopic (exact) mass is 307 g/mol. The molecule has 2 aromatic heterocycles. The van der Waals surface area contributed by atoms with E-state index in [2.05, 4.69) is 62.6 Å². The van der Waals surface area contributed by atoms with Crippen LogP contribution in [0.2, 0.25) is 0 Å². The smallest absolute Gasteiger partial charge is 0.241 e. The molecule has 0 aliphatic carbocycles. The molecule has 3 nitrogen and oxygen atoms in total. The molecule has 1 aromatic carbocycles. The largest absolute Gasteiger partial charge is 0.338 e. The molecular formula is C20H23N2O+. The van der Waals surface area contributed by atoms with Gasteiger partial charge < -0.3 is 0 Å². The van der Waals surface area contributed by atoms with E-state index in [1.807, 2.05) is 10.8 Å². The molecule has 0 radical (unpaired) electrons. The molecular weight excluding hydrogens is 284 g/mol. The van der Waals surface area contributed by atoms with Crippen molar-refractivity contribution in [3.8, 4) is 0 Å². The Hall–Kier alpha value is -2.16. The zero-order valence-electron chi connectivity index (χ0n) is 14.3. The number of nitrogens with zero attached hydrogens (tertiary/aromatic N) is 2. The minimum atomic E-state index is -0.242. The maximum absolute atomic E-state index is 12.9. The third-order valence-corrected chi connectivity index (χ3v) is 6.46. The van der Waals surface area contributed by atoms with Crippen LogP contribution in [-0.2, 0) is 11.0 Å². The molecule has 1 aliphatic heterocycles. The Morgan fingerprint density at radius 1 is 1.04 bits per heavy atom. The summed E-state index contributed by atoms with van der Waals surface area (Å²) in [6.07, 6.45) is 5.86. The molecule has 118 valence electrons. The zero-order chi connectivity index (χ0) is 16.4. The van der Waals surface area contributed by atoms with Crippen LogP contribution in [0, 0.1) is 0 Å². The quantitative estimate of drug-likeness (QED) is 0.525. The average Bonchev–Trinajstić information content (AvgIpc) is 2.58. The van der Waals surface area contributed by atoms with Crippen LogP contribution < -0.4 is 9.96 Å². The Morgan fingerprint density at radius 2 is 1.78 bits per heavy atom. The van der Waals surface area contributed by atoms with E-state index >= 15 is 0 Å². The van der Waals surface area contributed by atoms with Gasteiger partial charge in [0.1, 0.15) is 11.7 Å². The van der Waals surface area contributed by atoms with Crippen LogP contribution in [-0.4, -0.2) is 4.57 Å². The van der Waals surface area contributed by atoms with Crippen molar-refractivity contribution in [2.45, 2.75) is 51.5 Å². The summed E-state index contributed by atoms with van der Waals surface area (Å²) >= 11 is 0. The minimum absolute atomic E-state index is 0.0751. The van der Waals surface area contributed by atoms with E-state index in [-0.39, 0.29) is 16.5 Å². The van der Waals surface area contributed by atoms with Crippen molar-refractivity contribution in [1.82, 2.24) is 4.57 Å². The number of pyridine rings is 1. The first-order valence-electron chi connectivity index (χ1n) is 8.47. The topological polar surface area (TPSA) is 26.1 Å². The van der Waals surface area contributed by atoms with Crippen LogP contribution in [0.3, 0.4) is 0 Å². The van der Waals surface area contributed by atoms with Gasteiger partial charge in [-0.1, -0.05) is 39.0 Å². The van der Waals surface area contributed by atoms with Crippen molar-refractivity contribution in [3.05, 3.63) is 58.6 Å². The summed E-state index contributed by atoms with van der Waals surface area (Å²) < 4.78 is 4.14. The summed E-state index contributed by atoms with van der Waals surface area (Å²) in [7, 11) is 0. The van der Waals surface area contributed by atoms with Crippen LogP contribution in [0.1, 0.15) is 46.1 Å². The van der Waals surface area contributed by atoms with Gasteiger partial charge in [0.15, 0.2) is 0 Å². The molecule has 1 aliphatic rings. The number of aromatic nitrogens is 2. The lowest BCUT2D eigenvalue weighted by molar-refractivity contribution is -0.516. The summed E-state index contributed by atoms with van der Waals surface area (Å²) in [6.45, 7) is 8.99. The number of hydrogen-bond donors (Lipinski definition) is 0. The highest BCUT2D eigenvalue weighted by Crippen LogP contribution is 2.50. The van der Waals surface area contributed by atoms with Crippen LogP contribution in [0.4, 0.5) is 0 Å². The molecule has 4 rings (SSSR count). The SMILES string of the molecule is CCC1(C)c2cccc3cc[n+]4ccc(=O)n(c4c23)C1(C)CC. The van der Waals surface area contributed by atoms with Gasteiger partial charge in [-0.05, 0) is 36.8 Å². The maximum atomic E-state index is 12.9. The lowest BCUT2D eigenvalue weighted by Crippen LogP contribution is -2.56. The van der Waals surface area contributed by atoms with Crippen LogP contribution in [0.25, 0.3) is 16.4 Å². The standard InChI is InChI=1S/C20H23N2O/c1-5-19(3)15-9-7-8-14-10-12-21-13-11-16(23)22(18(21)17(14)15)20(19,4)6-2/h7-13H,5-6H2,1-4H3/q+1. The van der Waals surface area contributed by atoms with Crippen molar-refractivity contribution in [1.29, 1.82) is 0 Å². The zero-order valence-corrected chi connectivity index (χ0v) is 14.3. The van der Waals surface area contributed by atoms with Crippen molar-refractivity contribution in [2.24, 2.45) is 0 Å². The fourth-order valence-corrected chi connectivity index (χ4v) is 4.58. The average molecular weight is 307 g/mol. The molecule has 3 heterocycles. The number of benzene rings is 1. The summed E-state index contributed by atoms with van der Waals surface area (Å²) in [5.74, 6) is 0. The predicted molar refractivity (Wildman–Crippen MR) is 93.0 cm³/mol. The third kappa shape index (κ3) is 1.50. The van der Waals surface area contributed by atoms with E-state index in [1.54, 1.807) is 6.07 Å². The normalized spacial score (nSPS) is 26.3. The van der Waals surface area contributed by atoms with Gasteiger partial charge in [-0.3, -0.25) is 0 Å². The third-order valence-electron chi connectivity index (χ3n) is 6.46. The first-order valence-corrected chi connectivity index (χ1v) is 8.47. The molecule has 3 aromatic rings. The van der Waals surface area contributed by atoms with E-state index in [0.29, 0.717) is 0 Å². The molecule has 2 unspecified atom stereocenters. The highest BCUT2D eigenvalue weighted by atomic mass is 16.1. The summed E-state index contributed by atoms with van der Waals surface area (Å²) in [5.41, 5.74) is 2.17. The lowest BCUT2D eigenvalue weighted by atomic mass is 9.62. The van der Waals surface area contributed by atoms with Crippen LogP contribution >= 0.6 is 0 Å². The first-order chi connectivity index (χ1) is 11.0. The molecule has 0 amide bonds. The van der Waals surface area contributed by atoms with Gasteiger partial charge in [-0.2, -0.15) is 4.57 Å². The van der Waals surface area contributed by atoms with Gasteiger partial charge in [0.2, 0.25) is 0 Å². The minimum Gasteiger partial charge on any atom is -0.241 e. The van der Waals surface area contributed by atoms with Gasteiger partial charge >= 0.3 is 5.56 Å². The molecule has 0 N–H and O–H groups in total. The Bertz CT molecular complexity index is 1000. The highest BCUT2D eigenvalue weighted by molar-refractivity contribution is 5.97. The fraction of sp³-hybridized carbons (Fsp3) is 0.400. The highest BCUT2D eigenvalue weighted by Gasteiger charge is 2.53. The van der Waals surface area contributed by atoms with E-state index in [0.717, 1.165) is 18.5 Å². The Morgan fingerprint density at radius 3 is 2.48 bits per heavy atom. The second-order valence-electron chi connectivity index (χ2n) is 7.12. The van der Waals surface area contributed by atoms with E-state index in [9.17, 15) is 4.79 Å². The molecule has 0 saturated heterocycles. The van der Waals surface area contributed by atoms with Crippen LogP contribution in [0.5, 0.6) is 0 Å².